The molecule has 0 radical (unpaired) electrons. The summed E-state index contributed by atoms with van der Waals surface area (Å²) in [6.45, 7) is 6.09. The second-order valence-electron chi connectivity index (χ2n) is 5.81. The molecule has 2 fully saturated rings. The van der Waals surface area contributed by atoms with E-state index in [1.54, 1.807) is 0 Å². The van der Waals surface area contributed by atoms with Crippen molar-refractivity contribution in [2.75, 3.05) is 33.4 Å². The zero-order valence-electron chi connectivity index (χ0n) is 10.7. The first-order valence-corrected chi connectivity index (χ1v) is 6.65. The van der Waals surface area contributed by atoms with Crippen molar-refractivity contribution in [3.63, 3.8) is 0 Å². The Hall–Kier alpha value is -0.120. The molecule has 0 aromatic carbocycles. The van der Waals surface area contributed by atoms with Crippen molar-refractivity contribution < 1.29 is 4.74 Å². The lowest BCUT2D eigenvalue weighted by Crippen LogP contribution is -2.47. The van der Waals surface area contributed by atoms with Gasteiger partial charge in [-0.1, -0.05) is 0 Å². The monoisotopic (exact) mass is 226 g/mol. The molecule has 0 spiro atoms. The normalized spacial score (nSPS) is 27.0. The Morgan fingerprint density at radius 1 is 1.38 bits per heavy atom. The van der Waals surface area contributed by atoms with Gasteiger partial charge in [-0.25, -0.2) is 0 Å². The molecule has 2 N–H and O–H groups in total. The first-order chi connectivity index (χ1) is 7.67. The van der Waals surface area contributed by atoms with Crippen LogP contribution in [0.2, 0.25) is 0 Å². The quantitative estimate of drug-likeness (QED) is 0.771. The smallest absolute Gasteiger partial charge is 0.0472 e. The molecule has 2 rings (SSSR count). The summed E-state index contributed by atoms with van der Waals surface area (Å²) in [6, 6.07) is 0.728. The minimum atomic E-state index is 0.316. The van der Waals surface area contributed by atoms with Gasteiger partial charge in [-0.15, -0.1) is 0 Å². The summed E-state index contributed by atoms with van der Waals surface area (Å²) < 4.78 is 5.45. The summed E-state index contributed by atoms with van der Waals surface area (Å²) in [6.07, 6.45) is 5.10. The second-order valence-corrected chi connectivity index (χ2v) is 5.81. The van der Waals surface area contributed by atoms with Gasteiger partial charge in [0.1, 0.15) is 0 Å². The van der Waals surface area contributed by atoms with Gasteiger partial charge in [0.15, 0.2) is 0 Å². The molecular formula is C13H26N2O. The molecule has 1 saturated heterocycles. The van der Waals surface area contributed by atoms with E-state index in [0.29, 0.717) is 5.41 Å². The summed E-state index contributed by atoms with van der Waals surface area (Å²) in [5.74, 6) is 0.944. The number of nitrogens with two attached hydrogens (primary N) is 1. The first kappa shape index (κ1) is 12.3. The second kappa shape index (κ2) is 5.03. The van der Waals surface area contributed by atoms with Crippen LogP contribution in [0.15, 0.2) is 0 Å². The van der Waals surface area contributed by atoms with Gasteiger partial charge >= 0.3 is 0 Å². The SMILES string of the molecule is CC(C1CC1)N(C)CC1(CN)CCOCC1. The predicted molar refractivity (Wildman–Crippen MR) is 66.4 cm³/mol. The molecule has 1 aliphatic heterocycles. The van der Waals surface area contributed by atoms with Crippen LogP contribution < -0.4 is 5.73 Å². The largest absolute Gasteiger partial charge is 0.381 e. The summed E-state index contributed by atoms with van der Waals surface area (Å²) in [5.41, 5.74) is 6.31. The summed E-state index contributed by atoms with van der Waals surface area (Å²) in [7, 11) is 2.26. The Labute approximate surface area is 99.3 Å². The van der Waals surface area contributed by atoms with Crippen molar-refractivity contribution in [3.05, 3.63) is 0 Å². The van der Waals surface area contributed by atoms with Gasteiger partial charge in [0.2, 0.25) is 0 Å². The van der Waals surface area contributed by atoms with E-state index < -0.39 is 0 Å². The molecule has 2 aliphatic rings. The molecule has 1 atom stereocenters. The molecule has 3 heteroatoms. The highest BCUT2D eigenvalue weighted by Crippen LogP contribution is 2.37. The van der Waals surface area contributed by atoms with Crippen LogP contribution in [0, 0.1) is 11.3 Å². The van der Waals surface area contributed by atoms with Crippen LogP contribution in [0.3, 0.4) is 0 Å². The van der Waals surface area contributed by atoms with Crippen LogP contribution in [-0.2, 0) is 4.74 Å². The van der Waals surface area contributed by atoms with E-state index in [4.69, 9.17) is 10.5 Å². The minimum Gasteiger partial charge on any atom is -0.381 e. The maximum Gasteiger partial charge on any atom is 0.0472 e. The van der Waals surface area contributed by atoms with E-state index in [9.17, 15) is 0 Å². The van der Waals surface area contributed by atoms with Gasteiger partial charge in [-0.05, 0) is 57.5 Å². The standard InChI is InChI=1S/C13H26N2O/c1-11(12-3-4-12)15(2)10-13(9-14)5-7-16-8-6-13/h11-12H,3-10,14H2,1-2H3. The van der Waals surface area contributed by atoms with Crippen LogP contribution in [0.1, 0.15) is 32.6 Å². The summed E-state index contributed by atoms with van der Waals surface area (Å²) in [5, 5.41) is 0. The molecule has 3 nitrogen and oxygen atoms in total. The molecule has 1 saturated carbocycles. The number of hydrogen-bond donors (Lipinski definition) is 1. The van der Waals surface area contributed by atoms with Gasteiger partial charge in [-0.3, -0.25) is 0 Å². The van der Waals surface area contributed by atoms with E-state index >= 15 is 0 Å². The molecule has 0 aromatic heterocycles. The van der Waals surface area contributed by atoms with Crippen LogP contribution in [0.4, 0.5) is 0 Å². The molecule has 0 bridgehead atoms. The lowest BCUT2D eigenvalue weighted by Gasteiger charge is -2.41. The first-order valence-electron chi connectivity index (χ1n) is 6.65. The fraction of sp³-hybridized carbons (Fsp3) is 1.00. The zero-order chi connectivity index (χ0) is 11.6. The number of rotatable bonds is 5. The van der Waals surface area contributed by atoms with Crippen molar-refractivity contribution in [1.29, 1.82) is 0 Å². The molecule has 16 heavy (non-hydrogen) atoms. The highest BCUT2D eigenvalue weighted by molar-refractivity contribution is 4.90. The lowest BCUT2D eigenvalue weighted by atomic mass is 9.79. The van der Waals surface area contributed by atoms with Crippen molar-refractivity contribution in [1.82, 2.24) is 4.90 Å². The highest BCUT2D eigenvalue weighted by atomic mass is 16.5. The van der Waals surface area contributed by atoms with E-state index in [1.165, 1.54) is 12.8 Å². The van der Waals surface area contributed by atoms with E-state index in [2.05, 4.69) is 18.9 Å². The lowest BCUT2D eigenvalue weighted by molar-refractivity contribution is -0.00272. The third-order valence-corrected chi connectivity index (χ3v) is 4.57. The Balaban J connectivity index is 1.88. The molecular weight excluding hydrogens is 200 g/mol. The molecule has 94 valence electrons. The van der Waals surface area contributed by atoms with Crippen molar-refractivity contribution in [2.45, 2.75) is 38.6 Å². The molecule has 1 aliphatic carbocycles. The van der Waals surface area contributed by atoms with E-state index in [1.807, 2.05) is 0 Å². The van der Waals surface area contributed by atoms with Crippen LogP contribution in [0.5, 0.6) is 0 Å². The van der Waals surface area contributed by atoms with Crippen LogP contribution in [-0.4, -0.2) is 44.3 Å². The van der Waals surface area contributed by atoms with E-state index in [-0.39, 0.29) is 0 Å². The Morgan fingerprint density at radius 3 is 2.50 bits per heavy atom. The predicted octanol–water partition coefficient (Wildman–Crippen LogP) is 1.47. The van der Waals surface area contributed by atoms with Crippen molar-refractivity contribution >= 4 is 0 Å². The van der Waals surface area contributed by atoms with Gasteiger partial charge in [0.25, 0.3) is 0 Å². The number of nitrogens with zero attached hydrogens (tertiary/aromatic N) is 1. The number of hydrogen-bond acceptors (Lipinski definition) is 3. The van der Waals surface area contributed by atoms with Crippen molar-refractivity contribution in [3.8, 4) is 0 Å². The van der Waals surface area contributed by atoms with Gasteiger partial charge in [0.05, 0.1) is 0 Å². The van der Waals surface area contributed by atoms with Crippen LogP contribution >= 0.6 is 0 Å². The molecule has 0 aromatic rings. The average Bonchev–Trinajstić information content (AvgIpc) is 3.13. The zero-order valence-corrected chi connectivity index (χ0v) is 10.7. The third-order valence-electron chi connectivity index (χ3n) is 4.57. The highest BCUT2D eigenvalue weighted by Gasteiger charge is 2.36. The Morgan fingerprint density at radius 2 is 2.00 bits per heavy atom. The molecule has 1 unspecified atom stereocenters. The third kappa shape index (κ3) is 2.76. The fourth-order valence-electron chi connectivity index (χ4n) is 2.84. The van der Waals surface area contributed by atoms with Gasteiger partial charge < -0.3 is 15.4 Å². The maximum absolute atomic E-state index is 6.00. The van der Waals surface area contributed by atoms with Crippen molar-refractivity contribution in [2.24, 2.45) is 17.1 Å². The van der Waals surface area contributed by atoms with Gasteiger partial charge in [-0.2, -0.15) is 0 Å². The molecule has 1 heterocycles. The van der Waals surface area contributed by atoms with Gasteiger partial charge in [0, 0.05) is 25.8 Å². The molecule has 0 amide bonds. The topological polar surface area (TPSA) is 38.5 Å². The van der Waals surface area contributed by atoms with E-state index in [0.717, 1.165) is 51.1 Å². The Kier molecular flexibility index (Phi) is 3.88. The summed E-state index contributed by atoms with van der Waals surface area (Å²) >= 11 is 0. The average molecular weight is 226 g/mol. The maximum atomic E-state index is 6.00. The van der Waals surface area contributed by atoms with Crippen LogP contribution in [0.25, 0.3) is 0 Å². The number of ether oxygens (including phenoxy) is 1. The minimum absolute atomic E-state index is 0.316. The fourth-order valence-corrected chi connectivity index (χ4v) is 2.84. The summed E-state index contributed by atoms with van der Waals surface area (Å²) in [4.78, 5) is 2.52. The Bertz CT molecular complexity index is 222.